The number of benzene rings is 1. The fraction of sp³-hybridized carbons (Fsp3) is 0.278. The van der Waals surface area contributed by atoms with E-state index in [2.05, 4.69) is 24.6 Å². The van der Waals surface area contributed by atoms with Crippen molar-refractivity contribution in [3.63, 3.8) is 0 Å². The highest BCUT2D eigenvalue weighted by atomic mass is 32.2. The van der Waals surface area contributed by atoms with Crippen molar-refractivity contribution in [3.05, 3.63) is 58.6 Å². The molecule has 0 fully saturated rings. The molecule has 4 rings (SSSR count). The van der Waals surface area contributed by atoms with Crippen LogP contribution in [0.2, 0.25) is 0 Å². The van der Waals surface area contributed by atoms with Crippen LogP contribution in [0.5, 0.6) is 0 Å². The number of aromatic nitrogens is 4. The van der Waals surface area contributed by atoms with Gasteiger partial charge in [-0.1, -0.05) is 16.9 Å². The molecule has 9 heteroatoms. The fourth-order valence-electron chi connectivity index (χ4n) is 3.40. The number of hydrogen-bond donors (Lipinski definition) is 0. The first-order valence-corrected chi connectivity index (χ1v) is 9.69. The molecule has 0 saturated carbocycles. The molecule has 1 aromatic carbocycles. The van der Waals surface area contributed by atoms with E-state index in [0.717, 1.165) is 41.3 Å². The van der Waals surface area contributed by atoms with Crippen molar-refractivity contribution < 1.29 is 4.39 Å². The minimum atomic E-state index is -0.292. The Morgan fingerprint density at radius 3 is 2.85 bits per heavy atom. The van der Waals surface area contributed by atoms with Gasteiger partial charge in [-0.15, -0.1) is 0 Å². The van der Waals surface area contributed by atoms with Crippen LogP contribution in [0, 0.1) is 5.82 Å². The van der Waals surface area contributed by atoms with E-state index in [9.17, 15) is 4.39 Å². The molecular formula is C18H16FN7S. The SMILES string of the molecule is CSc1nccc(-c2c(-c3ccc(F)cc3)nc3n2C(CN=[N+]=[N-])CC3)n1. The second-order valence-electron chi connectivity index (χ2n) is 6.14. The van der Waals surface area contributed by atoms with Crippen LogP contribution < -0.4 is 0 Å². The zero-order valence-corrected chi connectivity index (χ0v) is 15.4. The van der Waals surface area contributed by atoms with Crippen LogP contribution in [0.4, 0.5) is 4.39 Å². The topological polar surface area (TPSA) is 92.4 Å². The summed E-state index contributed by atoms with van der Waals surface area (Å²) in [7, 11) is 0. The predicted octanol–water partition coefficient (Wildman–Crippen LogP) is 4.67. The van der Waals surface area contributed by atoms with Gasteiger partial charge in [0, 0.05) is 35.7 Å². The predicted molar refractivity (Wildman–Crippen MR) is 102 cm³/mol. The Hall–Kier alpha value is -2.90. The van der Waals surface area contributed by atoms with Crippen LogP contribution in [-0.2, 0) is 6.42 Å². The number of nitrogens with zero attached hydrogens (tertiary/aromatic N) is 7. The zero-order chi connectivity index (χ0) is 18.8. The third kappa shape index (κ3) is 3.27. The highest BCUT2D eigenvalue weighted by Crippen LogP contribution is 2.39. The summed E-state index contributed by atoms with van der Waals surface area (Å²) in [5.41, 5.74) is 11.9. The standard InChI is InChI=1S/C18H16FN7S/c1-27-18-21-9-8-14(23-18)17-16(11-2-4-12(19)5-3-11)24-15-7-6-13(26(15)17)10-22-25-20/h2-5,8-9,13H,6-7,10H2,1H3. The van der Waals surface area contributed by atoms with Crippen LogP contribution >= 0.6 is 11.8 Å². The highest BCUT2D eigenvalue weighted by molar-refractivity contribution is 7.98. The van der Waals surface area contributed by atoms with Gasteiger partial charge in [-0.2, -0.15) is 0 Å². The van der Waals surface area contributed by atoms with Gasteiger partial charge in [0.05, 0.1) is 17.1 Å². The summed E-state index contributed by atoms with van der Waals surface area (Å²) in [6.45, 7) is 0.357. The van der Waals surface area contributed by atoms with E-state index >= 15 is 0 Å². The molecule has 1 aliphatic rings. The number of fused-ring (bicyclic) bond motifs is 1. The van der Waals surface area contributed by atoms with Gasteiger partial charge in [0.25, 0.3) is 0 Å². The van der Waals surface area contributed by atoms with Crippen molar-refractivity contribution in [1.29, 1.82) is 0 Å². The van der Waals surface area contributed by atoms with E-state index in [4.69, 9.17) is 10.5 Å². The lowest BCUT2D eigenvalue weighted by atomic mass is 10.1. The molecule has 1 aliphatic heterocycles. The van der Waals surface area contributed by atoms with Crippen molar-refractivity contribution in [2.24, 2.45) is 5.11 Å². The normalized spacial score (nSPS) is 15.4. The van der Waals surface area contributed by atoms with E-state index in [1.54, 1.807) is 18.3 Å². The van der Waals surface area contributed by atoms with Gasteiger partial charge >= 0.3 is 0 Å². The van der Waals surface area contributed by atoms with Crippen LogP contribution in [0.25, 0.3) is 33.1 Å². The van der Waals surface area contributed by atoms with Gasteiger partial charge in [0.15, 0.2) is 5.16 Å². The minimum Gasteiger partial charge on any atom is -0.323 e. The molecule has 0 radical (unpaired) electrons. The first-order chi connectivity index (χ1) is 13.2. The van der Waals surface area contributed by atoms with Crippen LogP contribution in [0.15, 0.2) is 46.8 Å². The Morgan fingerprint density at radius 1 is 1.30 bits per heavy atom. The van der Waals surface area contributed by atoms with E-state index in [1.165, 1.54) is 23.9 Å². The molecule has 3 aromatic rings. The second kappa shape index (κ2) is 7.38. The molecule has 27 heavy (non-hydrogen) atoms. The summed E-state index contributed by atoms with van der Waals surface area (Å²) < 4.78 is 15.5. The molecule has 0 amide bonds. The Balaban J connectivity index is 1.92. The van der Waals surface area contributed by atoms with Crippen molar-refractivity contribution in [2.75, 3.05) is 12.8 Å². The maximum Gasteiger partial charge on any atom is 0.187 e. The third-order valence-electron chi connectivity index (χ3n) is 4.58. The summed E-state index contributed by atoms with van der Waals surface area (Å²) in [6, 6.07) is 8.16. The van der Waals surface area contributed by atoms with Gasteiger partial charge in [0.1, 0.15) is 11.6 Å². The molecule has 0 spiro atoms. The van der Waals surface area contributed by atoms with Gasteiger partial charge in [0.2, 0.25) is 0 Å². The van der Waals surface area contributed by atoms with Crippen molar-refractivity contribution in [1.82, 2.24) is 19.5 Å². The molecule has 0 saturated heterocycles. The second-order valence-corrected chi connectivity index (χ2v) is 6.91. The molecule has 136 valence electrons. The van der Waals surface area contributed by atoms with Gasteiger partial charge in [-0.3, -0.25) is 0 Å². The van der Waals surface area contributed by atoms with Crippen molar-refractivity contribution in [2.45, 2.75) is 24.0 Å². The highest BCUT2D eigenvalue weighted by Gasteiger charge is 2.30. The number of aryl methyl sites for hydroxylation is 1. The lowest BCUT2D eigenvalue weighted by Crippen LogP contribution is -2.09. The van der Waals surface area contributed by atoms with Crippen molar-refractivity contribution in [3.8, 4) is 22.6 Å². The Kier molecular flexibility index (Phi) is 4.79. The average molecular weight is 381 g/mol. The molecule has 2 aromatic heterocycles. The number of azide groups is 1. The number of hydrogen-bond acceptors (Lipinski definition) is 5. The first kappa shape index (κ1) is 17.5. The summed E-state index contributed by atoms with van der Waals surface area (Å²) in [5, 5.41) is 4.42. The van der Waals surface area contributed by atoms with E-state index in [1.807, 2.05) is 12.3 Å². The summed E-state index contributed by atoms with van der Waals surface area (Å²) >= 11 is 1.46. The first-order valence-electron chi connectivity index (χ1n) is 8.46. The average Bonchev–Trinajstić information content (AvgIpc) is 3.26. The van der Waals surface area contributed by atoms with E-state index in [0.29, 0.717) is 11.7 Å². The molecule has 0 N–H and O–H groups in total. The number of halogens is 1. The monoisotopic (exact) mass is 381 g/mol. The lowest BCUT2D eigenvalue weighted by Gasteiger charge is -2.15. The number of rotatable bonds is 5. The van der Waals surface area contributed by atoms with E-state index in [-0.39, 0.29) is 11.9 Å². The Bertz CT molecular complexity index is 1020. The fourth-order valence-corrected chi connectivity index (χ4v) is 3.76. The number of imidazole rings is 1. The van der Waals surface area contributed by atoms with Crippen LogP contribution in [-0.4, -0.2) is 32.3 Å². The van der Waals surface area contributed by atoms with E-state index < -0.39 is 0 Å². The van der Waals surface area contributed by atoms with Gasteiger partial charge in [-0.25, -0.2) is 19.3 Å². The smallest absolute Gasteiger partial charge is 0.187 e. The van der Waals surface area contributed by atoms with Crippen LogP contribution in [0.1, 0.15) is 18.3 Å². The molecule has 0 aliphatic carbocycles. The molecular weight excluding hydrogens is 365 g/mol. The maximum atomic E-state index is 13.4. The summed E-state index contributed by atoms with van der Waals surface area (Å²) in [4.78, 5) is 16.6. The minimum absolute atomic E-state index is 0.0280. The molecule has 1 atom stereocenters. The molecule has 1 unspecified atom stereocenters. The largest absolute Gasteiger partial charge is 0.323 e. The van der Waals surface area contributed by atoms with Crippen LogP contribution in [0.3, 0.4) is 0 Å². The maximum absolute atomic E-state index is 13.4. The summed E-state index contributed by atoms with van der Waals surface area (Å²) in [5.74, 6) is 0.631. The number of thioether (sulfide) groups is 1. The summed E-state index contributed by atoms with van der Waals surface area (Å²) in [6.07, 6.45) is 5.30. The third-order valence-corrected chi connectivity index (χ3v) is 5.14. The van der Waals surface area contributed by atoms with Gasteiger partial charge in [-0.05, 0) is 48.5 Å². The molecule has 7 nitrogen and oxygen atoms in total. The van der Waals surface area contributed by atoms with Gasteiger partial charge < -0.3 is 4.57 Å². The Morgan fingerprint density at radius 2 is 2.11 bits per heavy atom. The lowest BCUT2D eigenvalue weighted by molar-refractivity contribution is 0.542. The van der Waals surface area contributed by atoms with Crippen molar-refractivity contribution >= 4 is 11.8 Å². The Labute approximate surface area is 159 Å². The molecule has 0 bridgehead atoms. The zero-order valence-electron chi connectivity index (χ0n) is 14.6. The molecule has 3 heterocycles. The quantitative estimate of drug-likeness (QED) is 0.211.